The molecular formula is C15H10ClF2N3O2S. The zero-order valence-electron chi connectivity index (χ0n) is 12.0. The minimum atomic E-state index is -1.05. The second-order valence-electron chi connectivity index (χ2n) is 4.73. The van der Waals surface area contributed by atoms with Crippen LogP contribution in [0.3, 0.4) is 0 Å². The maximum atomic E-state index is 14.3. The smallest absolute Gasteiger partial charge is 0.179 e. The highest BCUT2D eigenvalue weighted by atomic mass is 35.5. The van der Waals surface area contributed by atoms with Gasteiger partial charge in [0.25, 0.3) is 0 Å². The highest BCUT2D eigenvalue weighted by Gasteiger charge is 2.19. The zero-order chi connectivity index (χ0) is 17.3. The van der Waals surface area contributed by atoms with Gasteiger partial charge >= 0.3 is 0 Å². The summed E-state index contributed by atoms with van der Waals surface area (Å²) in [7, 11) is 0. The number of fused-ring (bicyclic) bond motifs is 1. The highest BCUT2D eigenvalue weighted by molar-refractivity contribution is 7.18. The molecule has 0 aliphatic carbocycles. The van der Waals surface area contributed by atoms with Gasteiger partial charge in [-0.25, -0.2) is 13.8 Å². The van der Waals surface area contributed by atoms with Crippen LogP contribution in [0.15, 0.2) is 35.5 Å². The second-order valence-corrected chi connectivity index (χ2v) is 6.28. The number of rotatable bonds is 4. The molecule has 3 rings (SSSR count). The molecule has 124 valence electrons. The predicted molar refractivity (Wildman–Crippen MR) is 87.8 cm³/mol. The molecule has 3 N–H and O–H groups in total. The lowest BCUT2D eigenvalue weighted by molar-refractivity contribution is 0.288. The Bertz CT molecular complexity index is 946. The lowest BCUT2D eigenvalue weighted by Gasteiger charge is -2.09. The van der Waals surface area contributed by atoms with Crippen molar-refractivity contribution in [3.63, 3.8) is 0 Å². The first kappa shape index (κ1) is 16.4. The minimum absolute atomic E-state index is 0.0187. The minimum Gasteiger partial charge on any atom is -0.483 e. The van der Waals surface area contributed by atoms with Gasteiger partial charge in [0, 0.05) is 5.02 Å². The summed E-state index contributed by atoms with van der Waals surface area (Å²) in [6.45, 7) is -0.0187. The highest BCUT2D eigenvalue weighted by Crippen LogP contribution is 2.28. The number of ether oxygens (including phenoxy) is 1. The molecule has 0 aliphatic heterocycles. The standard InChI is InChI=1S/C15H10ClF2N3O2S/c16-7-1-3-9-11(5-7)24-12(20-9)6-23-10-4-2-8(17)13(14(10)18)15(19)21-22/h1-5,22H,6H2,(H2,19,21). The molecule has 0 radical (unpaired) electrons. The Morgan fingerprint density at radius 2 is 2.12 bits per heavy atom. The molecule has 0 amide bonds. The number of hydrogen-bond acceptors (Lipinski definition) is 5. The quantitative estimate of drug-likeness (QED) is 0.316. The van der Waals surface area contributed by atoms with Crippen molar-refractivity contribution in [3.8, 4) is 5.75 Å². The molecule has 1 aromatic heterocycles. The van der Waals surface area contributed by atoms with Crippen molar-refractivity contribution < 1.29 is 18.7 Å². The van der Waals surface area contributed by atoms with Crippen molar-refractivity contribution in [3.05, 3.63) is 57.6 Å². The molecule has 0 unspecified atom stereocenters. The summed E-state index contributed by atoms with van der Waals surface area (Å²) in [4.78, 5) is 4.34. The van der Waals surface area contributed by atoms with Crippen LogP contribution in [0.1, 0.15) is 10.6 Å². The Labute approximate surface area is 143 Å². The van der Waals surface area contributed by atoms with E-state index in [-0.39, 0.29) is 12.4 Å². The lowest BCUT2D eigenvalue weighted by atomic mass is 10.1. The molecule has 9 heteroatoms. The SMILES string of the molecule is N/C(=N\O)c1c(F)ccc(OCc2nc3ccc(Cl)cc3s2)c1F. The van der Waals surface area contributed by atoms with Gasteiger partial charge in [-0.3, -0.25) is 0 Å². The third-order valence-corrected chi connectivity index (χ3v) is 4.39. The van der Waals surface area contributed by atoms with Gasteiger partial charge in [0.2, 0.25) is 0 Å². The first-order valence-corrected chi connectivity index (χ1v) is 7.82. The Morgan fingerprint density at radius 3 is 2.88 bits per heavy atom. The van der Waals surface area contributed by atoms with Crippen LogP contribution in [0.5, 0.6) is 5.75 Å². The van der Waals surface area contributed by atoms with Crippen LogP contribution in [0.2, 0.25) is 5.02 Å². The molecular weight excluding hydrogens is 360 g/mol. The van der Waals surface area contributed by atoms with Gasteiger partial charge in [0.05, 0.1) is 15.8 Å². The van der Waals surface area contributed by atoms with E-state index in [9.17, 15) is 8.78 Å². The van der Waals surface area contributed by atoms with Crippen molar-refractivity contribution >= 4 is 39.0 Å². The summed E-state index contributed by atoms with van der Waals surface area (Å²) in [5, 5.41) is 12.4. The van der Waals surface area contributed by atoms with Gasteiger partial charge in [-0.2, -0.15) is 0 Å². The van der Waals surface area contributed by atoms with E-state index in [1.165, 1.54) is 11.3 Å². The molecule has 0 bridgehead atoms. The van der Waals surface area contributed by atoms with Crippen molar-refractivity contribution in [2.24, 2.45) is 10.9 Å². The first-order chi connectivity index (χ1) is 11.5. The number of aromatic nitrogens is 1. The van der Waals surface area contributed by atoms with Crippen LogP contribution in [0, 0.1) is 11.6 Å². The topological polar surface area (TPSA) is 80.7 Å². The number of thiazole rings is 1. The number of nitrogens with two attached hydrogens (primary N) is 1. The van der Waals surface area contributed by atoms with Gasteiger partial charge in [-0.1, -0.05) is 16.8 Å². The van der Waals surface area contributed by atoms with Gasteiger partial charge in [0.1, 0.15) is 17.4 Å². The fourth-order valence-corrected chi connectivity index (χ4v) is 3.23. The van der Waals surface area contributed by atoms with E-state index in [0.717, 1.165) is 22.3 Å². The third kappa shape index (κ3) is 3.10. The Morgan fingerprint density at radius 1 is 1.33 bits per heavy atom. The van der Waals surface area contributed by atoms with Crippen molar-refractivity contribution in [2.75, 3.05) is 0 Å². The molecule has 0 spiro atoms. The molecule has 2 aromatic carbocycles. The van der Waals surface area contributed by atoms with Crippen LogP contribution >= 0.6 is 22.9 Å². The normalized spacial score (nSPS) is 11.9. The predicted octanol–water partition coefficient (Wildman–Crippen LogP) is 3.90. The summed E-state index contributed by atoms with van der Waals surface area (Å²) < 4.78 is 34.1. The van der Waals surface area contributed by atoms with Crippen molar-refractivity contribution in [1.82, 2.24) is 4.98 Å². The van der Waals surface area contributed by atoms with Crippen LogP contribution < -0.4 is 10.5 Å². The summed E-state index contributed by atoms with van der Waals surface area (Å²) in [6.07, 6.45) is 0. The van der Waals surface area contributed by atoms with E-state index in [4.69, 9.17) is 27.3 Å². The maximum Gasteiger partial charge on any atom is 0.179 e. The van der Waals surface area contributed by atoms with Crippen LogP contribution in [-0.2, 0) is 6.61 Å². The molecule has 24 heavy (non-hydrogen) atoms. The Hall–Kier alpha value is -2.45. The fourth-order valence-electron chi connectivity index (χ4n) is 2.08. The third-order valence-electron chi connectivity index (χ3n) is 3.17. The van der Waals surface area contributed by atoms with E-state index in [1.54, 1.807) is 18.2 Å². The van der Waals surface area contributed by atoms with Crippen molar-refractivity contribution in [2.45, 2.75) is 6.61 Å². The molecule has 0 saturated carbocycles. The van der Waals surface area contributed by atoms with Gasteiger partial charge in [-0.05, 0) is 30.3 Å². The number of benzene rings is 2. The number of oxime groups is 1. The maximum absolute atomic E-state index is 14.3. The summed E-state index contributed by atoms with van der Waals surface area (Å²) in [5.74, 6) is -2.90. The average Bonchev–Trinajstić information content (AvgIpc) is 2.95. The van der Waals surface area contributed by atoms with E-state index in [0.29, 0.717) is 10.0 Å². The van der Waals surface area contributed by atoms with Crippen molar-refractivity contribution in [1.29, 1.82) is 0 Å². The van der Waals surface area contributed by atoms with E-state index in [2.05, 4.69) is 10.1 Å². The first-order valence-electron chi connectivity index (χ1n) is 6.63. The molecule has 0 atom stereocenters. The number of nitrogens with zero attached hydrogens (tertiary/aromatic N) is 2. The molecule has 0 fully saturated rings. The average molecular weight is 370 g/mol. The molecule has 0 aliphatic rings. The summed E-state index contributed by atoms with van der Waals surface area (Å²) in [5.41, 5.74) is 5.38. The van der Waals surface area contributed by atoms with Gasteiger partial charge in [0.15, 0.2) is 17.4 Å². The summed E-state index contributed by atoms with van der Waals surface area (Å²) >= 11 is 7.27. The lowest BCUT2D eigenvalue weighted by Crippen LogP contribution is -2.18. The molecule has 5 nitrogen and oxygen atoms in total. The summed E-state index contributed by atoms with van der Waals surface area (Å²) in [6, 6.07) is 7.36. The number of halogens is 3. The van der Waals surface area contributed by atoms with E-state index in [1.807, 2.05) is 0 Å². The molecule has 0 saturated heterocycles. The fraction of sp³-hybridized carbons (Fsp3) is 0.0667. The van der Waals surface area contributed by atoms with Crippen LogP contribution in [0.4, 0.5) is 8.78 Å². The molecule has 1 heterocycles. The zero-order valence-corrected chi connectivity index (χ0v) is 13.5. The largest absolute Gasteiger partial charge is 0.483 e. The Kier molecular flexibility index (Phi) is 4.50. The monoisotopic (exact) mass is 369 g/mol. The van der Waals surface area contributed by atoms with Gasteiger partial charge < -0.3 is 15.7 Å². The van der Waals surface area contributed by atoms with Gasteiger partial charge in [-0.15, -0.1) is 11.3 Å². The van der Waals surface area contributed by atoms with Crippen LogP contribution in [0.25, 0.3) is 10.2 Å². The van der Waals surface area contributed by atoms with E-state index >= 15 is 0 Å². The number of amidine groups is 1. The van der Waals surface area contributed by atoms with E-state index < -0.39 is 23.0 Å². The number of hydrogen-bond donors (Lipinski definition) is 2. The second kappa shape index (κ2) is 6.58. The Balaban J connectivity index is 1.86. The molecule has 3 aromatic rings. The van der Waals surface area contributed by atoms with Crippen LogP contribution in [-0.4, -0.2) is 16.0 Å².